The van der Waals surface area contributed by atoms with E-state index < -0.39 is 17.8 Å². The van der Waals surface area contributed by atoms with Crippen molar-refractivity contribution in [2.45, 2.75) is 33.2 Å². The van der Waals surface area contributed by atoms with Gasteiger partial charge in [0.15, 0.2) is 5.78 Å². The van der Waals surface area contributed by atoms with Gasteiger partial charge in [0, 0.05) is 6.42 Å². The zero-order chi connectivity index (χ0) is 13.0. The Hall–Kier alpha value is -1.71. The number of rotatable bonds is 4. The van der Waals surface area contributed by atoms with Gasteiger partial charge < -0.3 is 5.32 Å². The first-order valence-electron chi connectivity index (χ1n) is 5.55. The molecule has 1 aromatic carbocycles. The minimum atomic E-state index is -0.590. The number of carbonyl (C=O) groups is 2. The van der Waals surface area contributed by atoms with E-state index in [1.807, 2.05) is 0 Å². The van der Waals surface area contributed by atoms with Crippen molar-refractivity contribution < 1.29 is 14.0 Å². The highest BCUT2D eigenvalue weighted by Gasteiger charge is 2.17. The third-order valence-electron chi connectivity index (χ3n) is 2.55. The molecule has 0 saturated carbocycles. The summed E-state index contributed by atoms with van der Waals surface area (Å²) in [6.07, 6.45) is 0.345. The lowest BCUT2D eigenvalue weighted by Crippen LogP contribution is -2.38. The zero-order valence-corrected chi connectivity index (χ0v) is 10.2. The topological polar surface area (TPSA) is 46.2 Å². The van der Waals surface area contributed by atoms with E-state index >= 15 is 0 Å². The molecule has 92 valence electrons. The van der Waals surface area contributed by atoms with Crippen LogP contribution in [0.25, 0.3) is 0 Å². The van der Waals surface area contributed by atoms with Crippen LogP contribution in [0.15, 0.2) is 18.2 Å². The van der Waals surface area contributed by atoms with Crippen molar-refractivity contribution >= 4 is 11.7 Å². The molecule has 1 N–H and O–H groups in total. The molecule has 0 bridgehead atoms. The maximum Gasteiger partial charge on any atom is 0.254 e. The fourth-order valence-electron chi connectivity index (χ4n) is 1.47. The summed E-state index contributed by atoms with van der Waals surface area (Å²) < 4.78 is 13.5. The molecule has 0 saturated heterocycles. The van der Waals surface area contributed by atoms with Gasteiger partial charge in [0.25, 0.3) is 5.91 Å². The van der Waals surface area contributed by atoms with Crippen LogP contribution in [0.5, 0.6) is 0 Å². The van der Waals surface area contributed by atoms with Crippen molar-refractivity contribution in [3.8, 4) is 0 Å². The molecule has 0 radical (unpaired) electrons. The standard InChI is InChI=1S/C13H16FNO2/c1-4-12(16)9(3)15-13(17)10-6-5-8(2)7-11(10)14/h5-7,9H,4H2,1-3H3,(H,15,17). The summed E-state index contributed by atoms with van der Waals surface area (Å²) >= 11 is 0. The number of hydrogen-bond donors (Lipinski definition) is 1. The Morgan fingerprint density at radius 3 is 2.59 bits per heavy atom. The summed E-state index contributed by atoms with van der Waals surface area (Å²) in [7, 11) is 0. The number of hydrogen-bond acceptors (Lipinski definition) is 2. The fraction of sp³-hybridized carbons (Fsp3) is 0.385. The molecule has 0 aromatic heterocycles. The molecule has 17 heavy (non-hydrogen) atoms. The molecule has 1 amide bonds. The van der Waals surface area contributed by atoms with E-state index in [2.05, 4.69) is 5.32 Å². The van der Waals surface area contributed by atoms with Crippen LogP contribution in [-0.4, -0.2) is 17.7 Å². The van der Waals surface area contributed by atoms with Crippen molar-refractivity contribution in [1.82, 2.24) is 5.32 Å². The molecule has 4 heteroatoms. The lowest BCUT2D eigenvalue weighted by Gasteiger charge is -2.12. The van der Waals surface area contributed by atoms with E-state index in [-0.39, 0.29) is 11.3 Å². The average Bonchev–Trinajstić information content (AvgIpc) is 2.27. The Morgan fingerprint density at radius 1 is 1.41 bits per heavy atom. The minimum absolute atomic E-state index is 0.0358. The van der Waals surface area contributed by atoms with Crippen molar-refractivity contribution in [2.75, 3.05) is 0 Å². The molecule has 1 rings (SSSR count). The molecular formula is C13H16FNO2. The normalized spacial score (nSPS) is 12.0. The highest BCUT2D eigenvalue weighted by Crippen LogP contribution is 2.10. The number of carbonyl (C=O) groups excluding carboxylic acids is 2. The predicted octanol–water partition coefficient (Wildman–Crippen LogP) is 2.23. The van der Waals surface area contributed by atoms with E-state index in [1.54, 1.807) is 26.8 Å². The highest BCUT2D eigenvalue weighted by molar-refractivity contribution is 5.97. The van der Waals surface area contributed by atoms with Crippen LogP contribution in [0.3, 0.4) is 0 Å². The highest BCUT2D eigenvalue weighted by atomic mass is 19.1. The van der Waals surface area contributed by atoms with Crippen molar-refractivity contribution in [3.05, 3.63) is 35.1 Å². The molecule has 0 fully saturated rings. The van der Waals surface area contributed by atoms with Gasteiger partial charge in [0.1, 0.15) is 5.82 Å². The van der Waals surface area contributed by atoms with E-state index in [0.29, 0.717) is 6.42 Å². The van der Waals surface area contributed by atoms with Crippen LogP contribution in [0.1, 0.15) is 36.2 Å². The second kappa shape index (κ2) is 5.57. The van der Waals surface area contributed by atoms with Crippen LogP contribution in [0.2, 0.25) is 0 Å². The summed E-state index contributed by atoms with van der Waals surface area (Å²) in [6.45, 7) is 5.06. The van der Waals surface area contributed by atoms with Crippen LogP contribution >= 0.6 is 0 Å². The Bertz CT molecular complexity index is 443. The molecule has 3 nitrogen and oxygen atoms in total. The summed E-state index contributed by atoms with van der Waals surface area (Å²) in [5.74, 6) is -1.21. The van der Waals surface area contributed by atoms with E-state index in [0.717, 1.165) is 5.56 Å². The number of amides is 1. The van der Waals surface area contributed by atoms with Gasteiger partial charge in [-0.25, -0.2) is 4.39 Å². The molecule has 1 unspecified atom stereocenters. The second-order valence-corrected chi connectivity index (χ2v) is 4.00. The summed E-state index contributed by atoms with van der Waals surface area (Å²) in [4.78, 5) is 23.0. The second-order valence-electron chi connectivity index (χ2n) is 4.00. The Balaban J connectivity index is 2.80. The largest absolute Gasteiger partial charge is 0.342 e. The number of aryl methyl sites for hydroxylation is 1. The molecule has 0 aliphatic rings. The molecular weight excluding hydrogens is 221 g/mol. The number of nitrogens with one attached hydrogen (secondary N) is 1. The number of Topliss-reactive ketones (excluding diaryl/α,β-unsaturated/α-hetero) is 1. The lowest BCUT2D eigenvalue weighted by molar-refractivity contribution is -0.120. The zero-order valence-electron chi connectivity index (χ0n) is 10.2. The maximum atomic E-state index is 13.5. The third-order valence-corrected chi connectivity index (χ3v) is 2.55. The number of halogens is 1. The van der Waals surface area contributed by atoms with Gasteiger partial charge in [-0.2, -0.15) is 0 Å². The summed E-state index contributed by atoms with van der Waals surface area (Å²) in [6, 6.07) is 3.78. The Morgan fingerprint density at radius 2 is 2.06 bits per heavy atom. The van der Waals surface area contributed by atoms with E-state index in [9.17, 15) is 14.0 Å². The van der Waals surface area contributed by atoms with Gasteiger partial charge in [-0.1, -0.05) is 13.0 Å². The molecule has 0 aliphatic carbocycles. The van der Waals surface area contributed by atoms with E-state index in [1.165, 1.54) is 12.1 Å². The van der Waals surface area contributed by atoms with E-state index in [4.69, 9.17) is 0 Å². The first-order chi connectivity index (χ1) is 7.95. The van der Waals surface area contributed by atoms with Crippen LogP contribution in [-0.2, 0) is 4.79 Å². The van der Waals surface area contributed by atoms with Crippen molar-refractivity contribution in [2.24, 2.45) is 0 Å². The SMILES string of the molecule is CCC(=O)C(C)NC(=O)c1ccc(C)cc1F. The molecule has 0 aliphatic heterocycles. The fourth-order valence-corrected chi connectivity index (χ4v) is 1.47. The molecule has 1 aromatic rings. The molecule has 0 heterocycles. The van der Waals surface area contributed by atoms with Gasteiger partial charge in [-0.05, 0) is 31.5 Å². The van der Waals surface area contributed by atoms with Gasteiger partial charge in [0.2, 0.25) is 0 Å². The van der Waals surface area contributed by atoms with Gasteiger partial charge in [-0.3, -0.25) is 9.59 Å². The lowest BCUT2D eigenvalue weighted by atomic mass is 10.1. The predicted molar refractivity (Wildman–Crippen MR) is 63.4 cm³/mol. The third kappa shape index (κ3) is 3.37. The smallest absolute Gasteiger partial charge is 0.254 e. The summed E-state index contributed by atoms with van der Waals surface area (Å²) in [5.41, 5.74) is 0.711. The molecule has 1 atom stereocenters. The maximum absolute atomic E-state index is 13.5. The van der Waals surface area contributed by atoms with Crippen molar-refractivity contribution in [1.29, 1.82) is 0 Å². The van der Waals surface area contributed by atoms with Gasteiger partial charge in [-0.15, -0.1) is 0 Å². The molecule has 0 spiro atoms. The van der Waals surface area contributed by atoms with Crippen LogP contribution in [0, 0.1) is 12.7 Å². The van der Waals surface area contributed by atoms with Gasteiger partial charge >= 0.3 is 0 Å². The number of ketones is 1. The monoisotopic (exact) mass is 237 g/mol. The quantitative estimate of drug-likeness (QED) is 0.872. The number of benzene rings is 1. The van der Waals surface area contributed by atoms with Gasteiger partial charge in [0.05, 0.1) is 11.6 Å². The Kier molecular flexibility index (Phi) is 4.37. The summed E-state index contributed by atoms with van der Waals surface area (Å²) in [5, 5.41) is 2.48. The minimum Gasteiger partial charge on any atom is -0.342 e. The average molecular weight is 237 g/mol. The Labute approximate surface area is 100 Å². The van der Waals surface area contributed by atoms with Crippen LogP contribution < -0.4 is 5.32 Å². The first kappa shape index (κ1) is 13.4. The van der Waals surface area contributed by atoms with Crippen molar-refractivity contribution in [3.63, 3.8) is 0 Å². The van der Waals surface area contributed by atoms with Crippen LogP contribution in [0.4, 0.5) is 4.39 Å². The first-order valence-corrected chi connectivity index (χ1v) is 5.55.